The highest BCUT2D eigenvalue weighted by Gasteiger charge is 2.21. The van der Waals surface area contributed by atoms with Crippen LogP contribution in [0.2, 0.25) is 0 Å². The van der Waals surface area contributed by atoms with Crippen molar-refractivity contribution in [1.82, 2.24) is 35.4 Å². The lowest BCUT2D eigenvalue weighted by Gasteiger charge is -2.08. The number of nitrogens with one attached hydrogen (secondary N) is 1. The van der Waals surface area contributed by atoms with Gasteiger partial charge in [-0.05, 0) is 36.9 Å². The zero-order chi connectivity index (χ0) is 22.6. The molecule has 33 heavy (non-hydrogen) atoms. The normalized spacial score (nSPS) is 11.1. The second-order valence-corrected chi connectivity index (χ2v) is 7.40. The summed E-state index contributed by atoms with van der Waals surface area (Å²) in [5, 5.41) is 15.8. The van der Waals surface area contributed by atoms with Crippen molar-refractivity contribution in [3.8, 4) is 28.3 Å². The molecule has 5 aromatic rings. The van der Waals surface area contributed by atoms with Crippen LogP contribution in [-0.4, -0.2) is 37.2 Å². The third-order valence-electron chi connectivity index (χ3n) is 5.15. The molecule has 0 aliphatic heterocycles. The fourth-order valence-corrected chi connectivity index (χ4v) is 3.59. The summed E-state index contributed by atoms with van der Waals surface area (Å²) in [6.07, 6.45) is 3.58. The quantitative estimate of drug-likeness (QED) is 0.410. The average molecular weight is 441 g/mol. The predicted molar refractivity (Wildman–Crippen MR) is 120 cm³/mol. The molecule has 1 N–H and O–H groups in total. The standard InChI is InChI=1S/C24H20FN7O/c1-26-15-16-6-8-18(9-7-16)24-28-22(33-30-24)14-20-23(17-10-12-27-13-11-17)32(31-29-20)21-5-3-2-4-19(21)25/h2-13,26H,14-15H2,1H3. The minimum absolute atomic E-state index is 0.247. The first-order chi connectivity index (χ1) is 16.2. The molecule has 164 valence electrons. The van der Waals surface area contributed by atoms with E-state index in [1.807, 2.05) is 43.4 Å². The molecule has 0 unspecified atom stereocenters. The highest BCUT2D eigenvalue weighted by Crippen LogP contribution is 2.28. The molecule has 8 nitrogen and oxygen atoms in total. The van der Waals surface area contributed by atoms with Gasteiger partial charge >= 0.3 is 0 Å². The lowest BCUT2D eigenvalue weighted by molar-refractivity contribution is 0.385. The van der Waals surface area contributed by atoms with Crippen molar-refractivity contribution < 1.29 is 8.91 Å². The van der Waals surface area contributed by atoms with E-state index in [0.29, 0.717) is 28.8 Å². The van der Waals surface area contributed by atoms with E-state index in [9.17, 15) is 4.39 Å². The lowest BCUT2D eigenvalue weighted by Crippen LogP contribution is -2.04. The molecule has 5 rings (SSSR count). The molecule has 0 atom stereocenters. The molecule has 0 aliphatic rings. The first kappa shape index (κ1) is 20.7. The van der Waals surface area contributed by atoms with Gasteiger partial charge in [-0.25, -0.2) is 9.07 Å². The van der Waals surface area contributed by atoms with E-state index in [1.54, 1.807) is 30.6 Å². The molecule has 0 fully saturated rings. The van der Waals surface area contributed by atoms with E-state index in [4.69, 9.17) is 4.52 Å². The Bertz CT molecular complexity index is 1360. The molecule has 9 heteroatoms. The summed E-state index contributed by atoms with van der Waals surface area (Å²) in [7, 11) is 1.90. The van der Waals surface area contributed by atoms with E-state index < -0.39 is 5.82 Å². The zero-order valence-electron chi connectivity index (χ0n) is 17.8. The number of halogens is 1. The summed E-state index contributed by atoms with van der Waals surface area (Å²) in [6, 6.07) is 18.0. The summed E-state index contributed by atoms with van der Waals surface area (Å²) < 4.78 is 21.5. The van der Waals surface area contributed by atoms with Crippen LogP contribution in [0.3, 0.4) is 0 Å². The molecule has 2 aromatic carbocycles. The summed E-state index contributed by atoms with van der Waals surface area (Å²) in [6.45, 7) is 0.785. The van der Waals surface area contributed by atoms with Crippen molar-refractivity contribution >= 4 is 0 Å². The van der Waals surface area contributed by atoms with Gasteiger partial charge < -0.3 is 9.84 Å². The molecular weight excluding hydrogens is 421 g/mol. The molecule has 0 amide bonds. The monoisotopic (exact) mass is 441 g/mol. The van der Waals surface area contributed by atoms with Crippen molar-refractivity contribution in [3.05, 3.63) is 96.0 Å². The van der Waals surface area contributed by atoms with Crippen molar-refractivity contribution in [1.29, 1.82) is 0 Å². The second kappa shape index (κ2) is 9.09. The molecule has 0 bridgehead atoms. The molecule has 3 aromatic heterocycles. The number of para-hydroxylation sites is 1. The first-order valence-electron chi connectivity index (χ1n) is 10.4. The zero-order valence-corrected chi connectivity index (χ0v) is 17.8. The van der Waals surface area contributed by atoms with E-state index >= 15 is 0 Å². The van der Waals surface area contributed by atoms with Gasteiger partial charge in [-0.2, -0.15) is 4.98 Å². The van der Waals surface area contributed by atoms with Crippen molar-refractivity contribution in [2.75, 3.05) is 7.05 Å². The highest BCUT2D eigenvalue weighted by molar-refractivity contribution is 5.64. The van der Waals surface area contributed by atoms with Gasteiger partial charge in [0.1, 0.15) is 17.2 Å². The fraction of sp³-hybridized carbons (Fsp3) is 0.125. The number of hydrogen-bond acceptors (Lipinski definition) is 7. The van der Waals surface area contributed by atoms with Crippen LogP contribution in [-0.2, 0) is 13.0 Å². The summed E-state index contributed by atoms with van der Waals surface area (Å²) in [5.74, 6) is 0.485. The molecule has 0 spiro atoms. The molecule has 3 heterocycles. The summed E-state index contributed by atoms with van der Waals surface area (Å²) in [4.78, 5) is 8.60. The van der Waals surface area contributed by atoms with Gasteiger partial charge in [-0.3, -0.25) is 4.98 Å². The van der Waals surface area contributed by atoms with Gasteiger partial charge in [0.2, 0.25) is 11.7 Å². The minimum atomic E-state index is -0.397. The highest BCUT2D eigenvalue weighted by atomic mass is 19.1. The van der Waals surface area contributed by atoms with Gasteiger partial charge in [0.15, 0.2) is 0 Å². The molecule has 0 saturated heterocycles. The molecular formula is C24H20FN7O. The maximum absolute atomic E-state index is 14.5. The topological polar surface area (TPSA) is 94.6 Å². The number of aromatic nitrogens is 6. The Hall–Kier alpha value is -4.24. The van der Waals surface area contributed by atoms with E-state index in [-0.39, 0.29) is 6.42 Å². The van der Waals surface area contributed by atoms with Gasteiger partial charge in [0.05, 0.1) is 12.1 Å². The van der Waals surface area contributed by atoms with Crippen LogP contribution in [0.15, 0.2) is 77.6 Å². The van der Waals surface area contributed by atoms with Crippen molar-refractivity contribution in [2.45, 2.75) is 13.0 Å². The van der Waals surface area contributed by atoms with Crippen LogP contribution in [0.25, 0.3) is 28.3 Å². The maximum atomic E-state index is 14.5. The van der Waals surface area contributed by atoms with E-state index in [2.05, 4.69) is 30.8 Å². The number of rotatable bonds is 7. The largest absolute Gasteiger partial charge is 0.339 e. The van der Waals surface area contributed by atoms with Crippen LogP contribution in [0.4, 0.5) is 4.39 Å². The fourth-order valence-electron chi connectivity index (χ4n) is 3.59. The minimum Gasteiger partial charge on any atom is -0.339 e. The van der Waals surface area contributed by atoms with Crippen LogP contribution in [0.5, 0.6) is 0 Å². The number of benzene rings is 2. The Kier molecular flexibility index (Phi) is 5.69. The van der Waals surface area contributed by atoms with Crippen LogP contribution in [0.1, 0.15) is 17.1 Å². The smallest absolute Gasteiger partial charge is 0.233 e. The predicted octanol–water partition coefficient (Wildman–Crippen LogP) is 3.83. The second-order valence-electron chi connectivity index (χ2n) is 7.40. The average Bonchev–Trinajstić information content (AvgIpc) is 3.48. The Balaban J connectivity index is 1.49. The Morgan fingerprint density at radius 1 is 0.970 bits per heavy atom. The third-order valence-corrected chi connectivity index (χ3v) is 5.15. The van der Waals surface area contributed by atoms with Crippen LogP contribution < -0.4 is 5.32 Å². The van der Waals surface area contributed by atoms with Gasteiger partial charge in [0, 0.05) is 30.1 Å². The van der Waals surface area contributed by atoms with Crippen molar-refractivity contribution in [3.63, 3.8) is 0 Å². The third kappa shape index (κ3) is 4.26. The van der Waals surface area contributed by atoms with Crippen LogP contribution >= 0.6 is 0 Å². The summed E-state index contributed by atoms with van der Waals surface area (Å²) in [5.41, 5.74) is 4.35. The number of hydrogen-bond donors (Lipinski definition) is 1. The summed E-state index contributed by atoms with van der Waals surface area (Å²) >= 11 is 0. The first-order valence-corrected chi connectivity index (χ1v) is 10.4. The van der Waals surface area contributed by atoms with E-state index in [0.717, 1.165) is 23.2 Å². The molecule has 0 radical (unpaired) electrons. The van der Waals surface area contributed by atoms with Gasteiger partial charge in [-0.15, -0.1) is 5.10 Å². The number of nitrogens with zero attached hydrogens (tertiary/aromatic N) is 6. The SMILES string of the molecule is CNCc1ccc(-c2noc(Cc3nnn(-c4ccccc4F)c3-c3ccncc3)n2)cc1. The maximum Gasteiger partial charge on any atom is 0.233 e. The van der Waals surface area contributed by atoms with Crippen molar-refractivity contribution in [2.24, 2.45) is 0 Å². The lowest BCUT2D eigenvalue weighted by atomic mass is 10.1. The molecule has 0 aliphatic carbocycles. The Labute approximate surface area is 189 Å². The Morgan fingerprint density at radius 2 is 1.76 bits per heavy atom. The Morgan fingerprint density at radius 3 is 2.52 bits per heavy atom. The molecule has 0 saturated carbocycles. The van der Waals surface area contributed by atoms with Crippen LogP contribution in [0, 0.1) is 5.82 Å². The van der Waals surface area contributed by atoms with Gasteiger partial charge in [-0.1, -0.05) is 46.8 Å². The number of pyridine rings is 1. The van der Waals surface area contributed by atoms with Gasteiger partial charge in [0.25, 0.3) is 0 Å². The van der Waals surface area contributed by atoms with E-state index in [1.165, 1.54) is 10.7 Å².